The summed E-state index contributed by atoms with van der Waals surface area (Å²) in [6.07, 6.45) is 0.756. The third kappa shape index (κ3) is 4.01. The summed E-state index contributed by atoms with van der Waals surface area (Å²) in [4.78, 5) is 13.1. The Kier molecular flexibility index (Phi) is 5.51. The molecule has 1 heterocycles. The van der Waals surface area contributed by atoms with Gasteiger partial charge in [0.1, 0.15) is 0 Å². The van der Waals surface area contributed by atoms with Crippen molar-refractivity contribution in [1.82, 2.24) is 5.43 Å². The highest BCUT2D eigenvalue weighted by Gasteiger charge is 2.08. The summed E-state index contributed by atoms with van der Waals surface area (Å²) < 4.78 is 1.92. The van der Waals surface area contributed by atoms with Gasteiger partial charge in [-0.05, 0) is 52.7 Å². The van der Waals surface area contributed by atoms with Crippen LogP contribution >= 0.6 is 43.2 Å². The molecule has 0 spiro atoms. The van der Waals surface area contributed by atoms with Gasteiger partial charge in [-0.1, -0.05) is 28.9 Å². The molecule has 1 aromatic carbocycles. The number of hydrogen-bond donors (Lipinski definition) is 1. The summed E-state index contributed by atoms with van der Waals surface area (Å²) in [5.74, 6) is -0.215. The Hall–Kier alpha value is -0.980. The quantitative estimate of drug-likeness (QED) is 0.564. The van der Waals surface area contributed by atoms with E-state index in [-0.39, 0.29) is 5.91 Å². The minimum absolute atomic E-state index is 0.215. The number of thiophene rings is 1. The molecule has 2 aromatic rings. The topological polar surface area (TPSA) is 41.5 Å². The molecule has 20 heavy (non-hydrogen) atoms. The Morgan fingerprint density at radius 1 is 1.30 bits per heavy atom. The van der Waals surface area contributed by atoms with E-state index in [1.807, 2.05) is 31.2 Å². The normalized spacial score (nSPS) is 11.4. The van der Waals surface area contributed by atoms with Crippen molar-refractivity contribution in [2.45, 2.75) is 13.3 Å². The van der Waals surface area contributed by atoms with Gasteiger partial charge < -0.3 is 0 Å². The Labute approximate surface area is 138 Å². The molecule has 0 saturated heterocycles. The van der Waals surface area contributed by atoms with Crippen molar-refractivity contribution < 1.29 is 4.79 Å². The first-order chi connectivity index (χ1) is 9.60. The molecule has 0 unspecified atom stereocenters. The molecule has 0 aliphatic heterocycles. The molecule has 0 bridgehead atoms. The van der Waals surface area contributed by atoms with Gasteiger partial charge in [-0.15, -0.1) is 11.3 Å². The van der Waals surface area contributed by atoms with Gasteiger partial charge in [0.2, 0.25) is 0 Å². The molecule has 6 heteroatoms. The number of nitrogens with zero attached hydrogens (tertiary/aromatic N) is 1. The van der Waals surface area contributed by atoms with Crippen molar-refractivity contribution in [2.75, 3.05) is 0 Å². The van der Waals surface area contributed by atoms with E-state index in [4.69, 9.17) is 0 Å². The first kappa shape index (κ1) is 15.4. The van der Waals surface area contributed by atoms with Crippen molar-refractivity contribution in [1.29, 1.82) is 0 Å². The van der Waals surface area contributed by atoms with Crippen LogP contribution in [0.4, 0.5) is 0 Å². The first-order valence-corrected chi connectivity index (χ1v) is 8.38. The number of carbonyl (C=O) groups is 1. The maximum absolute atomic E-state index is 12.0. The Morgan fingerprint density at radius 2 is 2.10 bits per heavy atom. The summed E-state index contributed by atoms with van der Waals surface area (Å²) in [7, 11) is 0. The molecule has 1 N–H and O–H groups in total. The molecule has 0 atom stereocenters. The van der Waals surface area contributed by atoms with Gasteiger partial charge in [-0.2, -0.15) is 5.10 Å². The lowest BCUT2D eigenvalue weighted by Crippen LogP contribution is -2.19. The van der Waals surface area contributed by atoms with E-state index >= 15 is 0 Å². The second-order valence-corrected chi connectivity index (χ2v) is 7.35. The van der Waals surface area contributed by atoms with E-state index in [9.17, 15) is 4.79 Å². The highest BCUT2D eigenvalue weighted by molar-refractivity contribution is 9.11. The fraction of sp³-hybridized carbons (Fsp3) is 0.143. The van der Waals surface area contributed by atoms with Crippen LogP contribution in [0, 0.1) is 0 Å². The van der Waals surface area contributed by atoms with Gasteiger partial charge in [-0.25, -0.2) is 5.43 Å². The second kappa shape index (κ2) is 7.15. The van der Waals surface area contributed by atoms with E-state index in [0.717, 1.165) is 25.3 Å². The number of carbonyl (C=O) groups excluding carboxylic acids is 1. The third-order valence-electron chi connectivity index (χ3n) is 2.57. The van der Waals surface area contributed by atoms with E-state index < -0.39 is 0 Å². The summed E-state index contributed by atoms with van der Waals surface area (Å²) >= 11 is 8.37. The minimum Gasteiger partial charge on any atom is -0.267 e. The third-order valence-corrected chi connectivity index (χ3v) is 4.74. The molecule has 2 rings (SSSR count). The van der Waals surface area contributed by atoms with Crippen molar-refractivity contribution in [2.24, 2.45) is 5.10 Å². The highest BCUT2D eigenvalue weighted by Crippen LogP contribution is 2.23. The van der Waals surface area contributed by atoms with Crippen LogP contribution in [0.2, 0.25) is 0 Å². The number of amides is 1. The van der Waals surface area contributed by atoms with Crippen LogP contribution < -0.4 is 5.43 Å². The van der Waals surface area contributed by atoms with Gasteiger partial charge in [0.05, 0.1) is 14.4 Å². The maximum Gasteiger partial charge on any atom is 0.271 e. The summed E-state index contributed by atoms with van der Waals surface area (Å²) in [5.41, 5.74) is 4.04. The smallest absolute Gasteiger partial charge is 0.267 e. The number of halogens is 2. The van der Waals surface area contributed by atoms with Gasteiger partial charge in [-0.3, -0.25) is 4.79 Å². The lowest BCUT2D eigenvalue weighted by Gasteiger charge is -2.03. The van der Waals surface area contributed by atoms with Crippen LogP contribution in [-0.2, 0) is 0 Å². The standard InChI is InChI=1S/C14H12Br2N2OS/c1-2-11(12-6-7-13(16)20-12)17-18-14(19)9-4-3-5-10(15)8-9/h3-8H,2H2,1H3,(H,18,19)/b17-11-. The number of benzene rings is 1. The predicted molar refractivity (Wildman–Crippen MR) is 90.5 cm³/mol. The van der Waals surface area contributed by atoms with Crippen LogP contribution in [0.25, 0.3) is 0 Å². The molecule has 0 radical (unpaired) electrons. The summed E-state index contributed by atoms with van der Waals surface area (Å²) in [6, 6.07) is 11.2. The number of nitrogens with one attached hydrogen (secondary N) is 1. The van der Waals surface area contributed by atoms with Crippen molar-refractivity contribution in [3.05, 3.63) is 55.1 Å². The van der Waals surface area contributed by atoms with Crippen molar-refractivity contribution in [3.8, 4) is 0 Å². The molecule has 0 fully saturated rings. The molecule has 0 saturated carbocycles. The Morgan fingerprint density at radius 3 is 2.70 bits per heavy atom. The molecule has 3 nitrogen and oxygen atoms in total. The zero-order valence-electron chi connectivity index (χ0n) is 10.7. The molecule has 0 aliphatic rings. The minimum atomic E-state index is -0.215. The lowest BCUT2D eigenvalue weighted by molar-refractivity contribution is 0.0954. The van der Waals surface area contributed by atoms with E-state index in [0.29, 0.717) is 5.56 Å². The number of hydrogen-bond acceptors (Lipinski definition) is 3. The summed E-state index contributed by atoms with van der Waals surface area (Å²) in [6.45, 7) is 2.01. The molecule has 1 amide bonds. The fourth-order valence-electron chi connectivity index (χ4n) is 1.59. The van der Waals surface area contributed by atoms with E-state index in [1.54, 1.807) is 23.5 Å². The van der Waals surface area contributed by atoms with E-state index in [2.05, 4.69) is 42.4 Å². The molecule has 1 aromatic heterocycles. The first-order valence-electron chi connectivity index (χ1n) is 5.98. The summed E-state index contributed by atoms with van der Waals surface area (Å²) in [5, 5.41) is 4.22. The predicted octanol–water partition coefficient (Wildman–Crippen LogP) is 4.82. The van der Waals surface area contributed by atoms with Gasteiger partial charge >= 0.3 is 0 Å². The zero-order chi connectivity index (χ0) is 14.5. The van der Waals surface area contributed by atoms with E-state index in [1.165, 1.54) is 0 Å². The Bertz CT molecular complexity index is 652. The van der Waals surface area contributed by atoms with Crippen LogP contribution in [0.1, 0.15) is 28.6 Å². The van der Waals surface area contributed by atoms with Gasteiger partial charge in [0, 0.05) is 10.0 Å². The Balaban J connectivity index is 2.12. The maximum atomic E-state index is 12.0. The van der Waals surface area contributed by atoms with Crippen LogP contribution in [0.15, 0.2) is 49.8 Å². The zero-order valence-corrected chi connectivity index (χ0v) is 14.7. The molecule has 104 valence electrons. The van der Waals surface area contributed by atoms with Gasteiger partial charge in [0.25, 0.3) is 5.91 Å². The van der Waals surface area contributed by atoms with Crippen molar-refractivity contribution >= 4 is 54.8 Å². The van der Waals surface area contributed by atoms with Crippen molar-refractivity contribution in [3.63, 3.8) is 0 Å². The number of hydrazone groups is 1. The monoisotopic (exact) mass is 414 g/mol. The van der Waals surface area contributed by atoms with Crippen LogP contribution in [-0.4, -0.2) is 11.6 Å². The lowest BCUT2D eigenvalue weighted by atomic mass is 10.2. The molecule has 0 aliphatic carbocycles. The van der Waals surface area contributed by atoms with Gasteiger partial charge in [0.15, 0.2) is 0 Å². The van der Waals surface area contributed by atoms with Crippen LogP contribution in [0.3, 0.4) is 0 Å². The van der Waals surface area contributed by atoms with Crippen LogP contribution in [0.5, 0.6) is 0 Å². The largest absolute Gasteiger partial charge is 0.271 e. The SMILES string of the molecule is CC/C(=N/NC(=O)c1cccc(Br)c1)c1ccc(Br)s1. The number of rotatable bonds is 4. The second-order valence-electron chi connectivity index (χ2n) is 3.97. The highest BCUT2D eigenvalue weighted by atomic mass is 79.9. The molecular formula is C14H12Br2N2OS. The average Bonchev–Trinajstić information content (AvgIpc) is 2.86. The average molecular weight is 416 g/mol. The fourth-order valence-corrected chi connectivity index (χ4v) is 3.43. The molecular weight excluding hydrogens is 404 g/mol.